The van der Waals surface area contributed by atoms with E-state index in [9.17, 15) is 4.79 Å². The summed E-state index contributed by atoms with van der Waals surface area (Å²) < 4.78 is 10.1. The van der Waals surface area contributed by atoms with Gasteiger partial charge in [0.1, 0.15) is 0 Å². The summed E-state index contributed by atoms with van der Waals surface area (Å²) in [6, 6.07) is 0. The lowest BCUT2D eigenvalue weighted by Crippen LogP contribution is -2.43. The normalized spacial score (nSPS) is 17.1. The average molecular weight is 227 g/mol. The zero-order valence-electron chi connectivity index (χ0n) is 8.10. The van der Waals surface area contributed by atoms with E-state index in [2.05, 4.69) is 4.43 Å². The highest BCUT2D eigenvalue weighted by atomic mass is 35.5. The summed E-state index contributed by atoms with van der Waals surface area (Å²) in [5.41, 5.74) is 0. The van der Waals surface area contributed by atoms with E-state index in [1.807, 2.05) is 19.6 Å². The predicted octanol–water partition coefficient (Wildman–Crippen LogP) is 0.616. The van der Waals surface area contributed by atoms with Crippen LogP contribution >= 0.6 is 11.6 Å². The first-order valence-corrected chi connectivity index (χ1v) is 8.27. The summed E-state index contributed by atoms with van der Waals surface area (Å²) in [7, 11) is -1.44. The molecule has 0 aliphatic heterocycles. The fourth-order valence-electron chi connectivity index (χ4n) is 0.799. The second-order valence-electron chi connectivity index (χ2n) is 3.62. The predicted molar refractivity (Wildman–Crippen MR) is 54.7 cm³/mol. The number of carbonyl (C=O) groups excluding carboxylic acids is 1. The van der Waals surface area contributed by atoms with Crippen LogP contribution in [0.3, 0.4) is 0 Å². The Balaban J connectivity index is 4.32. The van der Waals surface area contributed by atoms with Gasteiger partial charge in [0.15, 0.2) is 8.32 Å². The molecule has 0 amide bonds. The van der Waals surface area contributed by atoms with Crippen LogP contribution in [0.5, 0.6) is 0 Å². The van der Waals surface area contributed by atoms with Crippen LogP contribution in [0.1, 0.15) is 6.92 Å². The van der Waals surface area contributed by atoms with Gasteiger partial charge in [0.25, 0.3) is 0 Å². The number of hydrogen-bond acceptors (Lipinski definition) is 3. The molecule has 12 heavy (non-hydrogen) atoms. The number of hydrogen-bond donors (Lipinski definition) is 0. The summed E-state index contributed by atoms with van der Waals surface area (Å²) in [6.07, 6.45) is 0. The van der Waals surface area contributed by atoms with Crippen LogP contribution in [-0.4, -0.2) is 29.8 Å². The minimum absolute atomic E-state index is 0.347. The summed E-state index contributed by atoms with van der Waals surface area (Å²) >= 11 is 5.83. The molecule has 0 N–H and O–H groups in total. The average Bonchev–Trinajstić information content (AvgIpc) is 1.80. The van der Waals surface area contributed by atoms with Crippen LogP contribution in [-0.2, 0) is 13.6 Å². The van der Waals surface area contributed by atoms with Crippen molar-refractivity contribution in [1.29, 1.82) is 0 Å². The maximum Gasteiger partial charge on any atom is 0.339 e. The van der Waals surface area contributed by atoms with Gasteiger partial charge in [-0.15, -0.1) is 0 Å². The highest BCUT2D eigenvalue weighted by Gasteiger charge is 2.37. The Hall–Kier alpha value is 0.154. The fraction of sp³-hybridized carbons (Fsp3) is 0.833. The van der Waals surface area contributed by atoms with Crippen molar-refractivity contribution in [2.45, 2.75) is 31.6 Å². The van der Waals surface area contributed by atoms with Gasteiger partial charge < -0.3 is 8.85 Å². The molecule has 0 radical (unpaired) electrons. The van der Waals surface area contributed by atoms with E-state index >= 15 is 0 Å². The van der Waals surface area contributed by atoms with Gasteiger partial charge in [-0.2, -0.15) is 0 Å². The molecule has 0 aliphatic carbocycles. The number of carbonyl (C=O) groups is 1. The van der Waals surface area contributed by atoms with Gasteiger partial charge in [-0.1, -0.05) is 11.6 Å². The monoisotopic (exact) mass is 226 g/mol. The number of rotatable bonds is 3. The molecule has 0 aromatic heterocycles. The molecule has 0 heterocycles. The molecule has 0 aromatic carbocycles. The van der Waals surface area contributed by atoms with Crippen LogP contribution < -0.4 is 0 Å². The van der Waals surface area contributed by atoms with Crippen LogP contribution in [0.25, 0.3) is 0 Å². The number of alkyl halides is 1. The van der Waals surface area contributed by atoms with Crippen molar-refractivity contribution in [1.82, 2.24) is 0 Å². The van der Waals surface area contributed by atoms with Crippen molar-refractivity contribution in [2.24, 2.45) is 0 Å². The molecule has 0 saturated heterocycles. The van der Waals surface area contributed by atoms with Crippen LogP contribution in [0.15, 0.2) is 0 Å². The lowest BCUT2D eigenvalue weighted by molar-refractivity contribution is -0.144. The zero-order valence-corrected chi connectivity index (χ0v) is 11.9. The summed E-state index contributed by atoms with van der Waals surface area (Å²) in [5, 5.41) is -1.30. The lowest BCUT2D eigenvalue weighted by atomic mass is 10.4. The highest BCUT2D eigenvalue weighted by molar-refractivity contribution is 6.70. The second-order valence-corrected chi connectivity index (χ2v) is 9.18. The Morgan fingerprint density at radius 2 is 1.92 bits per heavy atom. The summed E-state index contributed by atoms with van der Waals surface area (Å²) in [5.74, 6) is -0.488. The SMILES string of the molecule is CC(Cl)(O[Si](C)(C)C)C(=O)O[SiH3]. The minimum atomic E-state index is -1.79. The van der Waals surface area contributed by atoms with Gasteiger partial charge in [0, 0.05) is 0 Å². The van der Waals surface area contributed by atoms with E-state index in [4.69, 9.17) is 16.0 Å². The molecule has 0 aromatic rings. The number of halogens is 1. The summed E-state index contributed by atoms with van der Waals surface area (Å²) in [6.45, 7) is 7.42. The van der Waals surface area contributed by atoms with Gasteiger partial charge in [-0.25, -0.2) is 4.79 Å². The van der Waals surface area contributed by atoms with Crippen molar-refractivity contribution in [3.8, 4) is 0 Å². The fourth-order valence-corrected chi connectivity index (χ4v) is 3.32. The molecule has 0 aliphatic rings. The highest BCUT2D eigenvalue weighted by Crippen LogP contribution is 2.23. The lowest BCUT2D eigenvalue weighted by Gasteiger charge is -2.28. The van der Waals surface area contributed by atoms with Crippen LogP contribution in [0.4, 0.5) is 0 Å². The van der Waals surface area contributed by atoms with E-state index in [1.165, 1.54) is 6.92 Å². The first kappa shape index (κ1) is 12.2. The van der Waals surface area contributed by atoms with E-state index in [1.54, 1.807) is 0 Å². The zero-order chi connectivity index (χ0) is 9.99. The standard InChI is InChI=1S/C6H15ClO3Si2/c1-6(7,5(8)9-11)10-12(2,3)4/h1-4,11H3. The Kier molecular flexibility index (Phi) is 3.96. The van der Waals surface area contributed by atoms with E-state index in [0.29, 0.717) is 10.5 Å². The third kappa shape index (κ3) is 4.25. The van der Waals surface area contributed by atoms with Crippen LogP contribution in [0.2, 0.25) is 19.6 Å². The van der Waals surface area contributed by atoms with Crippen molar-refractivity contribution >= 4 is 36.4 Å². The molecule has 1 unspecified atom stereocenters. The second kappa shape index (κ2) is 3.91. The third-order valence-electron chi connectivity index (χ3n) is 1.05. The van der Waals surface area contributed by atoms with Gasteiger partial charge >= 0.3 is 5.97 Å². The van der Waals surface area contributed by atoms with Gasteiger partial charge in [0.05, 0.1) is 0 Å². The van der Waals surface area contributed by atoms with Crippen molar-refractivity contribution in [3.63, 3.8) is 0 Å². The maximum atomic E-state index is 11.1. The largest absolute Gasteiger partial charge is 0.526 e. The van der Waals surface area contributed by atoms with E-state index in [0.717, 1.165) is 0 Å². The Morgan fingerprint density at radius 3 is 2.17 bits per heavy atom. The molecule has 6 heteroatoms. The smallest absolute Gasteiger partial charge is 0.339 e. The molecular weight excluding hydrogens is 212 g/mol. The Morgan fingerprint density at radius 1 is 1.50 bits per heavy atom. The Bertz CT molecular complexity index is 176. The third-order valence-corrected chi connectivity index (χ3v) is 2.80. The molecule has 0 saturated carbocycles. The van der Waals surface area contributed by atoms with Gasteiger partial charge in [-0.3, -0.25) is 0 Å². The first-order valence-electron chi connectivity index (χ1n) is 3.66. The molecule has 3 nitrogen and oxygen atoms in total. The Labute approximate surface area is 82.1 Å². The molecule has 0 bridgehead atoms. The molecule has 1 atom stereocenters. The van der Waals surface area contributed by atoms with Crippen molar-refractivity contribution in [3.05, 3.63) is 0 Å². The van der Waals surface area contributed by atoms with Gasteiger partial charge in [0.2, 0.25) is 15.5 Å². The summed E-state index contributed by atoms with van der Waals surface area (Å²) in [4.78, 5) is 11.1. The topological polar surface area (TPSA) is 35.5 Å². The van der Waals surface area contributed by atoms with Gasteiger partial charge in [-0.05, 0) is 26.6 Å². The quantitative estimate of drug-likeness (QED) is 0.523. The maximum absolute atomic E-state index is 11.1. The van der Waals surface area contributed by atoms with Crippen molar-refractivity contribution < 1.29 is 13.6 Å². The molecule has 0 rings (SSSR count). The van der Waals surface area contributed by atoms with E-state index < -0.39 is 19.3 Å². The first-order chi connectivity index (χ1) is 5.19. The van der Waals surface area contributed by atoms with E-state index in [-0.39, 0.29) is 0 Å². The molecule has 0 spiro atoms. The minimum Gasteiger partial charge on any atom is -0.526 e. The van der Waals surface area contributed by atoms with Crippen LogP contribution in [0, 0.1) is 0 Å². The molecule has 72 valence electrons. The molecular formula is C6H15ClO3Si2. The molecule has 0 fully saturated rings. The van der Waals surface area contributed by atoms with Crippen molar-refractivity contribution in [2.75, 3.05) is 0 Å².